The van der Waals surface area contributed by atoms with E-state index >= 15 is 0 Å². The molecule has 9 rings (SSSR count). The summed E-state index contributed by atoms with van der Waals surface area (Å²) in [6.07, 6.45) is 9.84. The average molecular weight is 743 g/mol. The van der Waals surface area contributed by atoms with Gasteiger partial charge >= 0.3 is 6.03 Å². The maximum absolute atomic E-state index is 12.2. The van der Waals surface area contributed by atoms with Gasteiger partial charge in [-0.25, -0.2) is 19.7 Å². The second-order valence-corrected chi connectivity index (χ2v) is 15.6. The molecule has 3 saturated heterocycles. The van der Waals surface area contributed by atoms with E-state index in [9.17, 15) is 9.59 Å². The van der Waals surface area contributed by atoms with E-state index in [1.165, 1.54) is 36.2 Å². The molecule has 0 aliphatic carbocycles. The number of imide groups is 1. The van der Waals surface area contributed by atoms with Crippen molar-refractivity contribution in [3.05, 3.63) is 83.3 Å². The molecule has 13 heteroatoms. The van der Waals surface area contributed by atoms with Gasteiger partial charge < -0.3 is 30.1 Å². The number of likely N-dealkylation sites (tertiary alicyclic amines) is 1. The highest BCUT2D eigenvalue weighted by Gasteiger charge is 2.28. The highest BCUT2D eigenvalue weighted by Crippen LogP contribution is 2.37. The van der Waals surface area contributed by atoms with Gasteiger partial charge in [-0.15, -0.1) is 0 Å². The molecule has 2 aromatic heterocycles. The molecular formula is C42H50N10O3. The van der Waals surface area contributed by atoms with Gasteiger partial charge in [0.15, 0.2) is 0 Å². The summed E-state index contributed by atoms with van der Waals surface area (Å²) in [4.78, 5) is 47.2. The first-order valence-electron chi connectivity index (χ1n) is 20.0. The van der Waals surface area contributed by atoms with Crippen LogP contribution in [0.25, 0.3) is 0 Å². The van der Waals surface area contributed by atoms with E-state index < -0.39 is 0 Å². The zero-order valence-corrected chi connectivity index (χ0v) is 31.6. The van der Waals surface area contributed by atoms with Crippen molar-refractivity contribution < 1.29 is 14.3 Å². The highest BCUT2D eigenvalue weighted by atomic mass is 16.5. The average Bonchev–Trinajstić information content (AvgIpc) is 3.22. The number of nitrogens with one attached hydrogen (secondary N) is 3. The van der Waals surface area contributed by atoms with Crippen molar-refractivity contribution in [3.8, 4) is 5.88 Å². The molecule has 0 bridgehead atoms. The number of benzene rings is 2. The van der Waals surface area contributed by atoms with Crippen LogP contribution in [0.4, 0.5) is 39.2 Å². The number of anilines is 6. The van der Waals surface area contributed by atoms with Gasteiger partial charge in [0.25, 0.3) is 0 Å². The number of ether oxygens (including phenoxy) is 1. The number of piperidine rings is 2. The first-order valence-corrected chi connectivity index (χ1v) is 20.0. The molecule has 7 heterocycles. The van der Waals surface area contributed by atoms with E-state index in [2.05, 4.69) is 79.0 Å². The van der Waals surface area contributed by atoms with Crippen LogP contribution in [0.1, 0.15) is 60.4 Å². The molecule has 3 fully saturated rings. The van der Waals surface area contributed by atoms with Gasteiger partial charge in [0.2, 0.25) is 17.7 Å². The fourth-order valence-electron chi connectivity index (χ4n) is 8.93. The Balaban J connectivity index is 0.752. The summed E-state index contributed by atoms with van der Waals surface area (Å²) >= 11 is 0. The first-order chi connectivity index (χ1) is 26.9. The molecular weight excluding hydrogens is 693 g/mol. The lowest BCUT2D eigenvalue weighted by Crippen LogP contribution is -2.49. The number of carbonyl (C=O) groups excluding carboxylic acids is 2. The van der Waals surface area contributed by atoms with Gasteiger partial charge in [-0.1, -0.05) is 18.2 Å². The lowest BCUT2D eigenvalue weighted by molar-refractivity contribution is -0.120. The molecule has 0 unspecified atom stereocenters. The lowest BCUT2D eigenvalue weighted by atomic mass is 9.88. The van der Waals surface area contributed by atoms with Gasteiger partial charge in [-0.3, -0.25) is 15.0 Å². The SMILES string of the molecule is Cc1c(N2CCc3cnc(Nc4cccc(N5CCC(CN6CCC(c7ccc(N8CCC(=O)NC8=O)cc7)CC6)CC5)c4)nc3C2)cnc2c1NCCO2. The van der Waals surface area contributed by atoms with Gasteiger partial charge in [-0.05, 0) is 105 Å². The number of nitrogens with zero attached hydrogens (tertiary/aromatic N) is 7. The predicted molar refractivity (Wildman–Crippen MR) is 215 cm³/mol. The Hall–Kier alpha value is -5.43. The van der Waals surface area contributed by atoms with Crippen molar-refractivity contribution >= 4 is 46.3 Å². The maximum Gasteiger partial charge on any atom is 0.328 e. The summed E-state index contributed by atoms with van der Waals surface area (Å²) < 4.78 is 5.75. The van der Waals surface area contributed by atoms with Crippen LogP contribution in [-0.2, 0) is 17.8 Å². The minimum Gasteiger partial charge on any atom is -0.474 e. The van der Waals surface area contributed by atoms with Crippen LogP contribution in [0.2, 0.25) is 0 Å². The molecule has 0 radical (unpaired) electrons. The third-order valence-corrected chi connectivity index (χ3v) is 12.1. The molecule has 0 atom stereocenters. The summed E-state index contributed by atoms with van der Waals surface area (Å²) in [7, 11) is 0. The summed E-state index contributed by atoms with van der Waals surface area (Å²) in [5, 5.41) is 9.37. The maximum atomic E-state index is 12.2. The Morgan fingerprint density at radius 1 is 0.873 bits per heavy atom. The van der Waals surface area contributed by atoms with Gasteiger partial charge in [-0.2, -0.15) is 0 Å². The number of carbonyl (C=O) groups is 2. The molecule has 286 valence electrons. The van der Waals surface area contributed by atoms with E-state index in [-0.39, 0.29) is 11.9 Å². The molecule has 3 N–H and O–H groups in total. The third-order valence-electron chi connectivity index (χ3n) is 12.1. The van der Waals surface area contributed by atoms with Crippen molar-refractivity contribution in [3.63, 3.8) is 0 Å². The molecule has 0 spiro atoms. The molecule has 0 saturated carbocycles. The van der Waals surface area contributed by atoms with Crippen LogP contribution < -0.4 is 35.4 Å². The second-order valence-electron chi connectivity index (χ2n) is 15.6. The number of hydrogen-bond acceptors (Lipinski definition) is 11. The topological polar surface area (TPSA) is 131 Å². The van der Waals surface area contributed by atoms with E-state index in [0.29, 0.717) is 49.8 Å². The smallest absolute Gasteiger partial charge is 0.328 e. The second kappa shape index (κ2) is 15.4. The van der Waals surface area contributed by atoms with Crippen LogP contribution in [0.5, 0.6) is 5.88 Å². The standard InChI is InChI=1S/C42H50N10O3/c1-28-37(25-44-40-39(28)43-15-22-55-40)51-20-13-32-24-45-41(47-36(32)27-51)46-33-3-2-4-35(23-33)50-18-9-29(10-19-50)26-49-16-11-31(12-17-49)30-5-7-34(8-6-30)52-21-14-38(53)48-42(52)54/h2-8,23-25,29,31,43H,9-22,26-27H2,1H3,(H,45,46,47)(H,48,53,54). The summed E-state index contributed by atoms with van der Waals surface area (Å²) in [5.41, 5.74) is 9.94. The van der Waals surface area contributed by atoms with E-state index in [4.69, 9.17) is 14.7 Å². The van der Waals surface area contributed by atoms with Gasteiger partial charge in [0.05, 0.1) is 24.1 Å². The normalized spacial score (nSPS) is 19.6. The van der Waals surface area contributed by atoms with Crippen LogP contribution in [0.3, 0.4) is 0 Å². The van der Waals surface area contributed by atoms with Crippen molar-refractivity contribution in [2.24, 2.45) is 5.92 Å². The first kappa shape index (κ1) is 35.3. The number of amides is 3. The summed E-state index contributed by atoms with van der Waals surface area (Å²) in [5.74, 6) is 2.36. The van der Waals surface area contributed by atoms with E-state index in [0.717, 1.165) is 92.5 Å². The van der Waals surface area contributed by atoms with Gasteiger partial charge in [0.1, 0.15) is 12.3 Å². The molecule has 2 aromatic carbocycles. The number of aromatic nitrogens is 3. The van der Waals surface area contributed by atoms with Crippen molar-refractivity contribution in [2.75, 3.05) is 84.3 Å². The Morgan fingerprint density at radius 2 is 1.71 bits per heavy atom. The molecule has 55 heavy (non-hydrogen) atoms. The number of hydrogen-bond donors (Lipinski definition) is 3. The zero-order valence-electron chi connectivity index (χ0n) is 31.6. The van der Waals surface area contributed by atoms with E-state index in [1.54, 1.807) is 4.90 Å². The fraction of sp³-hybridized carbons (Fsp3) is 0.452. The number of urea groups is 1. The molecule has 5 aliphatic heterocycles. The number of pyridine rings is 1. The zero-order chi connectivity index (χ0) is 37.3. The number of fused-ring (bicyclic) bond motifs is 2. The van der Waals surface area contributed by atoms with Gasteiger partial charge in [0, 0.05) is 74.5 Å². The van der Waals surface area contributed by atoms with Crippen LogP contribution in [0, 0.1) is 12.8 Å². The van der Waals surface area contributed by atoms with Crippen LogP contribution >= 0.6 is 0 Å². The fourth-order valence-corrected chi connectivity index (χ4v) is 8.93. The lowest BCUT2D eigenvalue weighted by Gasteiger charge is -2.38. The monoisotopic (exact) mass is 742 g/mol. The highest BCUT2D eigenvalue weighted by molar-refractivity contribution is 6.05. The van der Waals surface area contributed by atoms with Crippen LogP contribution in [-0.4, -0.2) is 90.8 Å². The van der Waals surface area contributed by atoms with Crippen molar-refractivity contribution in [1.29, 1.82) is 0 Å². The Bertz CT molecular complexity index is 2040. The molecule has 13 nitrogen and oxygen atoms in total. The third kappa shape index (κ3) is 7.62. The quantitative estimate of drug-likeness (QED) is 0.202. The minimum atomic E-state index is -0.331. The summed E-state index contributed by atoms with van der Waals surface area (Å²) in [6, 6.07) is 16.7. The van der Waals surface area contributed by atoms with E-state index in [1.807, 2.05) is 24.5 Å². The number of rotatable bonds is 8. The molecule has 4 aromatic rings. The minimum absolute atomic E-state index is 0.205. The largest absolute Gasteiger partial charge is 0.474 e. The Kier molecular flexibility index (Phi) is 9.86. The molecule has 5 aliphatic rings. The van der Waals surface area contributed by atoms with Crippen LogP contribution in [0.15, 0.2) is 60.9 Å². The Labute approximate surface area is 322 Å². The molecule has 3 amide bonds. The predicted octanol–water partition coefficient (Wildman–Crippen LogP) is 5.83. The Morgan fingerprint density at radius 3 is 2.53 bits per heavy atom. The van der Waals surface area contributed by atoms with Crippen molar-refractivity contribution in [1.82, 2.24) is 25.2 Å². The van der Waals surface area contributed by atoms with Crippen molar-refractivity contribution in [2.45, 2.75) is 57.9 Å². The summed E-state index contributed by atoms with van der Waals surface area (Å²) in [6.45, 7) is 11.1.